The molecule has 0 bridgehead atoms. The van der Waals surface area contributed by atoms with Crippen molar-refractivity contribution in [3.8, 4) is 22.3 Å². The average molecular weight is 787 g/mol. The minimum atomic E-state index is 0.0935. The summed E-state index contributed by atoms with van der Waals surface area (Å²) in [6.07, 6.45) is 7.23. The fraction of sp³-hybridized carbons (Fsp3) is 0.172. The summed E-state index contributed by atoms with van der Waals surface area (Å²) in [5.41, 5.74) is 22.0. The third-order valence-electron chi connectivity index (χ3n) is 13.6. The lowest BCUT2D eigenvalue weighted by molar-refractivity contribution is 0.590. The number of allylic oxidation sites excluding steroid dienone is 2. The van der Waals surface area contributed by atoms with Crippen LogP contribution in [0.25, 0.3) is 33.5 Å². The van der Waals surface area contributed by atoms with Crippen LogP contribution in [-0.2, 0) is 10.8 Å². The summed E-state index contributed by atoms with van der Waals surface area (Å²) in [6, 6.07) is 64.2. The summed E-state index contributed by atoms with van der Waals surface area (Å²) in [5.74, 6) is 0.221. The van der Waals surface area contributed by atoms with Crippen LogP contribution in [0.15, 0.2) is 194 Å². The van der Waals surface area contributed by atoms with E-state index in [0.29, 0.717) is 0 Å². The summed E-state index contributed by atoms with van der Waals surface area (Å²) in [7, 11) is 0. The lowest BCUT2D eigenvalue weighted by Crippen LogP contribution is -2.61. The first-order valence-electron chi connectivity index (χ1n) is 22.0. The molecule has 296 valence electrons. The second-order valence-electron chi connectivity index (χ2n) is 19.4. The molecule has 0 spiro atoms. The largest absolute Gasteiger partial charge is 0.333 e. The number of rotatable bonds is 5. The topological polar surface area (TPSA) is 6.48 Å². The molecule has 3 heteroatoms. The van der Waals surface area contributed by atoms with E-state index in [9.17, 15) is 0 Å². The predicted molar refractivity (Wildman–Crippen MR) is 261 cm³/mol. The minimum Gasteiger partial charge on any atom is -0.333 e. The Bertz CT molecular complexity index is 2920. The molecule has 2 unspecified atom stereocenters. The van der Waals surface area contributed by atoms with Gasteiger partial charge in [0.15, 0.2) is 0 Å². The lowest BCUT2D eigenvalue weighted by Gasteiger charge is -2.49. The first kappa shape index (κ1) is 37.4. The molecule has 1 aliphatic carbocycles. The van der Waals surface area contributed by atoms with Crippen molar-refractivity contribution in [2.75, 3.05) is 9.80 Å². The molecule has 3 aliphatic heterocycles. The smallest absolute Gasteiger partial charge is 0.226 e. The fourth-order valence-corrected chi connectivity index (χ4v) is 10.5. The molecule has 0 radical (unpaired) electrons. The Morgan fingerprint density at radius 2 is 1.03 bits per heavy atom. The van der Waals surface area contributed by atoms with Gasteiger partial charge in [0.2, 0.25) is 6.71 Å². The van der Waals surface area contributed by atoms with Crippen LogP contribution >= 0.6 is 0 Å². The Kier molecular flexibility index (Phi) is 8.59. The molecule has 2 atom stereocenters. The van der Waals surface area contributed by atoms with Crippen molar-refractivity contribution in [1.82, 2.24) is 0 Å². The number of nitrogens with zero attached hydrogens (tertiary/aromatic N) is 2. The molecule has 61 heavy (non-hydrogen) atoms. The summed E-state index contributed by atoms with van der Waals surface area (Å²) >= 11 is 0. The molecule has 0 fully saturated rings. The normalized spacial score (nSPS) is 17.5. The van der Waals surface area contributed by atoms with Gasteiger partial charge in [0.1, 0.15) is 0 Å². The molecule has 4 aliphatic rings. The van der Waals surface area contributed by atoms with Crippen molar-refractivity contribution in [3.63, 3.8) is 0 Å². The van der Waals surface area contributed by atoms with Crippen LogP contribution in [0.5, 0.6) is 0 Å². The van der Waals surface area contributed by atoms with Crippen LogP contribution in [0.2, 0.25) is 5.82 Å². The van der Waals surface area contributed by atoms with Crippen LogP contribution in [-0.4, -0.2) is 12.8 Å². The Balaban J connectivity index is 1.14. The van der Waals surface area contributed by atoms with Crippen LogP contribution in [0.3, 0.4) is 0 Å². The Hall–Kier alpha value is -6.58. The second-order valence-corrected chi connectivity index (χ2v) is 19.4. The molecular weight excluding hydrogens is 735 g/mol. The maximum Gasteiger partial charge on any atom is 0.226 e. The summed E-state index contributed by atoms with van der Waals surface area (Å²) < 4.78 is 0. The summed E-state index contributed by atoms with van der Waals surface area (Å²) in [5, 5.41) is 0. The van der Waals surface area contributed by atoms with Gasteiger partial charge in [-0.2, -0.15) is 0 Å². The highest BCUT2D eigenvalue weighted by Crippen LogP contribution is 2.56. The molecule has 0 saturated heterocycles. The van der Waals surface area contributed by atoms with E-state index in [4.69, 9.17) is 0 Å². The molecule has 3 heterocycles. The van der Waals surface area contributed by atoms with Crippen LogP contribution in [0.4, 0.5) is 22.7 Å². The van der Waals surface area contributed by atoms with E-state index in [2.05, 4.69) is 239 Å². The van der Waals surface area contributed by atoms with Gasteiger partial charge in [0.25, 0.3) is 0 Å². The number of anilines is 4. The van der Waals surface area contributed by atoms with E-state index in [1.54, 1.807) is 0 Å². The molecule has 11 rings (SSSR count). The highest BCUT2D eigenvalue weighted by atomic mass is 15.2. The van der Waals surface area contributed by atoms with E-state index in [1.165, 1.54) is 89.3 Å². The van der Waals surface area contributed by atoms with Crippen molar-refractivity contribution in [2.45, 2.75) is 64.2 Å². The van der Waals surface area contributed by atoms with Crippen molar-refractivity contribution < 1.29 is 0 Å². The summed E-state index contributed by atoms with van der Waals surface area (Å²) in [6.45, 7) is 13.9. The predicted octanol–water partition coefficient (Wildman–Crippen LogP) is 13.6. The fourth-order valence-electron chi connectivity index (χ4n) is 10.5. The SMILES string of the molecule is CC(C)(C)c1ccc(-c2cccc(N3c4cc(-c5ccc(C(C)(C)C)cc5)ccc4B4c5c3cccc5N3C(c5ccccc5)=C(c5ccccc5)C5=CC=CC4C53)c2)cc1. The van der Waals surface area contributed by atoms with Gasteiger partial charge in [0, 0.05) is 28.3 Å². The number of hydrogen-bond acceptors (Lipinski definition) is 2. The Morgan fingerprint density at radius 3 is 1.67 bits per heavy atom. The maximum atomic E-state index is 2.70. The van der Waals surface area contributed by atoms with E-state index in [0.717, 1.165) is 5.69 Å². The molecule has 0 aromatic heterocycles. The average Bonchev–Trinajstić information content (AvgIpc) is 3.64. The molecule has 7 aromatic carbocycles. The van der Waals surface area contributed by atoms with Gasteiger partial charge in [-0.1, -0.05) is 199 Å². The van der Waals surface area contributed by atoms with Gasteiger partial charge in [-0.25, -0.2) is 0 Å². The third-order valence-corrected chi connectivity index (χ3v) is 13.6. The second kappa shape index (κ2) is 14.0. The van der Waals surface area contributed by atoms with Gasteiger partial charge in [-0.05, 0) is 108 Å². The molecule has 7 aromatic rings. The van der Waals surface area contributed by atoms with Crippen molar-refractivity contribution >= 4 is 51.7 Å². The quantitative estimate of drug-likeness (QED) is 0.160. The zero-order valence-corrected chi connectivity index (χ0v) is 36.0. The number of benzene rings is 7. The van der Waals surface area contributed by atoms with Gasteiger partial charge in [-0.3, -0.25) is 0 Å². The Morgan fingerprint density at radius 1 is 0.475 bits per heavy atom. The highest BCUT2D eigenvalue weighted by Gasteiger charge is 2.54. The molecular formula is C58H51BN2. The van der Waals surface area contributed by atoms with Gasteiger partial charge < -0.3 is 9.80 Å². The highest BCUT2D eigenvalue weighted by molar-refractivity contribution is 6.91. The van der Waals surface area contributed by atoms with Crippen molar-refractivity contribution in [2.24, 2.45) is 0 Å². The van der Waals surface area contributed by atoms with Crippen LogP contribution in [0.1, 0.15) is 63.8 Å². The minimum absolute atomic E-state index is 0.0935. The van der Waals surface area contributed by atoms with Crippen molar-refractivity contribution in [1.29, 1.82) is 0 Å². The standard InChI is InChI=1S/C58H51BN2/c1-57(2,3)44-31-26-38(27-32-44)42-20-13-21-46(36-42)60-50-24-15-25-51-54(50)59(48-35-30-43(37-52(48)60)39-28-33-45(34-29-39)58(4,5)6)49-23-14-22-47-53(40-16-9-7-10-17-40)55(61(51)56(47)49)41-18-11-8-12-19-41/h7-37,49,56H,1-6H3. The van der Waals surface area contributed by atoms with Crippen LogP contribution < -0.4 is 20.7 Å². The third kappa shape index (κ3) is 6.08. The van der Waals surface area contributed by atoms with Gasteiger partial charge >= 0.3 is 0 Å². The first-order chi connectivity index (χ1) is 29.5. The van der Waals surface area contributed by atoms with E-state index in [1.807, 2.05) is 0 Å². The molecule has 2 nitrogen and oxygen atoms in total. The molecule has 0 saturated carbocycles. The Labute approximate surface area is 362 Å². The molecule has 0 N–H and O–H groups in total. The lowest BCUT2D eigenvalue weighted by atomic mass is 9.29. The van der Waals surface area contributed by atoms with E-state index in [-0.39, 0.29) is 29.4 Å². The van der Waals surface area contributed by atoms with Crippen molar-refractivity contribution in [3.05, 3.63) is 216 Å². The molecule has 0 amide bonds. The van der Waals surface area contributed by atoms with Crippen LogP contribution in [0, 0.1) is 0 Å². The first-order valence-corrected chi connectivity index (χ1v) is 22.0. The number of hydrogen-bond donors (Lipinski definition) is 0. The number of fused-ring (bicyclic) bond motifs is 4. The monoisotopic (exact) mass is 786 g/mol. The maximum absolute atomic E-state index is 2.70. The zero-order chi connectivity index (χ0) is 41.6. The van der Waals surface area contributed by atoms with E-state index < -0.39 is 0 Å². The van der Waals surface area contributed by atoms with E-state index >= 15 is 0 Å². The van der Waals surface area contributed by atoms with Gasteiger partial charge in [0.05, 0.1) is 11.7 Å². The summed E-state index contributed by atoms with van der Waals surface area (Å²) in [4.78, 5) is 5.27. The zero-order valence-electron chi connectivity index (χ0n) is 36.0. The van der Waals surface area contributed by atoms with Gasteiger partial charge in [-0.15, -0.1) is 0 Å².